The van der Waals surface area contributed by atoms with Crippen LogP contribution in [0.5, 0.6) is 0 Å². The van der Waals surface area contributed by atoms with E-state index in [9.17, 15) is 9.59 Å². The second-order valence-electron chi connectivity index (χ2n) is 5.64. The molecule has 2 amide bonds. The highest BCUT2D eigenvalue weighted by Gasteiger charge is 2.14. The summed E-state index contributed by atoms with van der Waals surface area (Å²) in [5, 5.41) is 3.39. The first-order valence-electron chi connectivity index (χ1n) is 8.16. The number of rotatable bonds is 9. The first-order chi connectivity index (χ1) is 12.5. The Kier molecular flexibility index (Phi) is 8.16. The molecule has 0 saturated carbocycles. The summed E-state index contributed by atoms with van der Waals surface area (Å²) in [5.41, 5.74) is 0.545. The van der Waals surface area contributed by atoms with Gasteiger partial charge in [-0.1, -0.05) is 29.3 Å². The molecule has 0 atom stereocenters. The molecular formula is C19H20Cl2N2O2S. The Balaban J connectivity index is 1.77. The summed E-state index contributed by atoms with van der Waals surface area (Å²) in [6, 6.07) is 10.4. The van der Waals surface area contributed by atoms with Gasteiger partial charge in [-0.2, -0.15) is 0 Å². The predicted octanol–water partition coefficient (Wildman–Crippen LogP) is 4.78. The van der Waals surface area contributed by atoms with Crippen LogP contribution in [0.4, 0.5) is 0 Å². The Bertz CT molecular complexity index is 759. The van der Waals surface area contributed by atoms with E-state index in [1.54, 1.807) is 35.2 Å². The molecule has 1 aromatic carbocycles. The van der Waals surface area contributed by atoms with Gasteiger partial charge in [0.1, 0.15) is 0 Å². The molecule has 1 heterocycles. The maximum Gasteiger partial charge on any atom is 0.251 e. The van der Waals surface area contributed by atoms with Crippen molar-refractivity contribution in [2.45, 2.75) is 19.4 Å². The zero-order valence-electron chi connectivity index (χ0n) is 14.2. The summed E-state index contributed by atoms with van der Waals surface area (Å²) in [6.07, 6.45) is 2.63. The lowest BCUT2D eigenvalue weighted by atomic mass is 10.2. The van der Waals surface area contributed by atoms with E-state index in [-0.39, 0.29) is 11.8 Å². The van der Waals surface area contributed by atoms with Crippen LogP contribution in [-0.2, 0) is 11.3 Å². The molecule has 0 spiro atoms. The topological polar surface area (TPSA) is 49.4 Å². The van der Waals surface area contributed by atoms with Crippen LogP contribution >= 0.6 is 34.5 Å². The Hall–Kier alpha value is -1.82. The van der Waals surface area contributed by atoms with E-state index in [1.807, 2.05) is 12.1 Å². The number of nitrogens with zero attached hydrogens (tertiary/aromatic N) is 1. The van der Waals surface area contributed by atoms with Crippen molar-refractivity contribution >= 4 is 46.4 Å². The van der Waals surface area contributed by atoms with Crippen molar-refractivity contribution in [2.75, 3.05) is 13.1 Å². The Morgan fingerprint density at radius 1 is 1.15 bits per heavy atom. The molecule has 2 aromatic rings. The number of hydrogen-bond acceptors (Lipinski definition) is 3. The Labute approximate surface area is 167 Å². The fourth-order valence-electron chi connectivity index (χ4n) is 2.34. The van der Waals surface area contributed by atoms with Crippen LogP contribution < -0.4 is 5.32 Å². The quantitative estimate of drug-likeness (QED) is 0.477. The zero-order chi connectivity index (χ0) is 18.9. The summed E-state index contributed by atoms with van der Waals surface area (Å²) < 4.78 is 0.705. The largest absolute Gasteiger partial charge is 0.352 e. The molecule has 0 aliphatic carbocycles. The highest BCUT2D eigenvalue weighted by Crippen LogP contribution is 2.23. The molecule has 0 aliphatic heterocycles. The van der Waals surface area contributed by atoms with Crippen molar-refractivity contribution in [2.24, 2.45) is 0 Å². The monoisotopic (exact) mass is 410 g/mol. The maximum atomic E-state index is 12.4. The molecule has 0 radical (unpaired) electrons. The van der Waals surface area contributed by atoms with Gasteiger partial charge in [0.2, 0.25) is 5.91 Å². The lowest BCUT2D eigenvalue weighted by molar-refractivity contribution is -0.131. The summed E-state index contributed by atoms with van der Waals surface area (Å²) in [6.45, 7) is 5.13. The molecule has 1 aromatic heterocycles. The van der Waals surface area contributed by atoms with Crippen molar-refractivity contribution in [1.29, 1.82) is 0 Å². The SMILES string of the molecule is C=CCN(Cc1ccc(Cl)s1)C(=O)CCCNC(=O)c1ccc(Cl)cc1. The molecule has 0 bridgehead atoms. The van der Waals surface area contributed by atoms with Crippen LogP contribution in [0.15, 0.2) is 49.1 Å². The third-order valence-corrected chi connectivity index (χ3v) is 5.11. The second kappa shape index (κ2) is 10.4. The summed E-state index contributed by atoms with van der Waals surface area (Å²) in [7, 11) is 0. The van der Waals surface area contributed by atoms with E-state index in [0.717, 1.165) is 4.88 Å². The van der Waals surface area contributed by atoms with Gasteiger partial charge in [0, 0.05) is 35.0 Å². The molecule has 7 heteroatoms. The smallest absolute Gasteiger partial charge is 0.251 e. The molecule has 1 N–H and O–H groups in total. The third kappa shape index (κ3) is 6.48. The van der Waals surface area contributed by atoms with E-state index < -0.39 is 0 Å². The molecule has 2 rings (SSSR count). The lowest BCUT2D eigenvalue weighted by Gasteiger charge is -2.20. The van der Waals surface area contributed by atoms with E-state index >= 15 is 0 Å². The number of nitrogens with one attached hydrogen (secondary N) is 1. The number of halogens is 2. The zero-order valence-corrected chi connectivity index (χ0v) is 16.5. The van der Waals surface area contributed by atoms with E-state index in [0.29, 0.717) is 47.4 Å². The van der Waals surface area contributed by atoms with Gasteiger partial charge < -0.3 is 10.2 Å². The standard InChI is InChI=1S/C19H20Cl2N2O2S/c1-2-12-23(13-16-9-10-17(21)26-16)18(24)4-3-11-22-19(25)14-5-7-15(20)8-6-14/h2,5-10H,1,3-4,11-13H2,(H,22,25). The van der Waals surface area contributed by atoms with E-state index in [1.165, 1.54) is 11.3 Å². The van der Waals surface area contributed by atoms with E-state index in [2.05, 4.69) is 11.9 Å². The number of amides is 2. The first-order valence-corrected chi connectivity index (χ1v) is 9.73. The van der Waals surface area contributed by atoms with E-state index in [4.69, 9.17) is 23.2 Å². The minimum absolute atomic E-state index is 0.0233. The van der Waals surface area contributed by atoms with Gasteiger partial charge >= 0.3 is 0 Å². The summed E-state index contributed by atoms with van der Waals surface area (Å²) >= 11 is 13.2. The van der Waals surface area contributed by atoms with Gasteiger partial charge in [0.05, 0.1) is 10.9 Å². The van der Waals surface area contributed by atoms with Gasteiger partial charge in [-0.25, -0.2) is 0 Å². The molecule has 26 heavy (non-hydrogen) atoms. The molecule has 0 saturated heterocycles. The van der Waals surface area contributed by atoms with Gasteiger partial charge in [0.25, 0.3) is 5.91 Å². The molecular weight excluding hydrogens is 391 g/mol. The third-order valence-electron chi connectivity index (χ3n) is 3.64. The first kappa shape index (κ1) is 20.5. The number of thiophene rings is 1. The Morgan fingerprint density at radius 2 is 1.88 bits per heavy atom. The van der Waals surface area contributed by atoms with Gasteiger partial charge in [-0.15, -0.1) is 17.9 Å². The lowest BCUT2D eigenvalue weighted by Crippen LogP contribution is -2.31. The van der Waals surface area contributed by atoms with Crippen molar-refractivity contribution in [1.82, 2.24) is 10.2 Å². The van der Waals surface area contributed by atoms with Gasteiger partial charge in [0.15, 0.2) is 0 Å². The normalized spacial score (nSPS) is 10.4. The second-order valence-corrected chi connectivity index (χ2v) is 7.87. The van der Waals surface area contributed by atoms with Crippen LogP contribution in [-0.4, -0.2) is 29.8 Å². The summed E-state index contributed by atoms with van der Waals surface area (Å²) in [4.78, 5) is 27.2. The molecule has 0 fully saturated rings. The van der Waals surface area contributed by atoms with Gasteiger partial charge in [-0.05, 0) is 42.8 Å². The Morgan fingerprint density at radius 3 is 2.50 bits per heavy atom. The average molecular weight is 411 g/mol. The maximum absolute atomic E-state index is 12.4. The minimum Gasteiger partial charge on any atom is -0.352 e. The fourth-order valence-corrected chi connectivity index (χ4v) is 3.57. The number of carbonyl (C=O) groups is 2. The molecule has 4 nitrogen and oxygen atoms in total. The highest BCUT2D eigenvalue weighted by atomic mass is 35.5. The number of carbonyl (C=O) groups excluding carboxylic acids is 2. The van der Waals surface area contributed by atoms with Crippen molar-refractivity contribution in [3.8, 4) is 0 Å². The van der Waals surface area contributed by atoms with Crippen LogP contribution in [0.1, 0.15) is 28.1 Å². The number of benzene rings is 1. The average Bonchev–Trinajstić information content (AvgIpc) is 3.03. The minimum atomic E-state index is -0.176. The highest BCUT2D eigenvalue weighted by molar-refractivity contribution is 7.16. The van der Waals surface area contributed by atoms with Crippen LogP contribution in [0.25, 0.3) is 0 Å². The van der Waals surface area contributed by atoms with Crippen molar-refractivity contribution in [3.05, 3.63) is 68.9 Å². The van der Waals surface area contributed by atoms with Crippen LogP contribution in [0.3, 0.4) is 0 Å². The summed E-state index contributed by atoms with van der Waals surface area (Å²) in [5.74, 6) is -0.152. The molecule has 0 aliphatic rings. The molecule has 0 unspecified atom stereocenters. The van der Waals surface area contributed by atoms with Crippen LogP contribution in [0.2, 0.25) is 9.36 Å². The molecule has 138 valence electrons. The number of hydrogen-bond donors (Lipinski definition) is 1. The van der Waals surface area contributed by atoms with Crippen molar-refractivity contribution in [3.63, 3.8) is 0 Å². The van der Waals surface area contributed by atoms with Crippen LogP contribution in [0, 0.1) is 0 Å². The van der Waals surface area contributed by atoms with Crippen molar-refractivity contribution < 1.29 is 9.59 Å². The fraction of sp³-hybridized carbons (Fsp3) is 0.263. The van der Waals surface area contributed by atoms with Gasteiger partial charge in [-0.3, -0.25) is 9.59 Å². The predicted molar refractivity (Wildman–Crippen MR) is 108 cm³/mol.